The summed E-state index contributed by atoms with van der Waals surface area (Å²) >= 11 is 12.0. The van der Waals surface area contributed by atoms with Gasteiger partial charge in [0.1, 0.15) is 0 Å². The Bertz CT molecular complexity index is 580. The number of amides is 2. The Morgan fingerprint density at radius 3 is 2.68 bits per heavy atom. The smallest absolute Gasteiger partial charge is 0.237 e. The molecule has 0 radical (unpaired) electrons. The molecule has 2 amide bonds. The number of hydrogen-bond acceptors (Lipinski definition) is 3. The van der Waals surface area contributed by atoms with E-state index in [2.05, 4.69) is 0 Å². The number of likely N-dealkylation sites (N-methyl/N-ethyl adjacent to an activating group) is 1. The van der Waals surface area contributed by atoms with Crippen LogP contribution in [0.25, 0.3) is 0 Å². The third-order valence-electron chi connectivity index (χ3n) is 3.73. The van der Waals surface area contributed by atoms with Crippen molar-refractivity contribution in [2.24, 2.45) is 5.73 Å². The van der Waals surface area contributed by atoms with E-state index in [1.807, 2.05) is 17.0 Å². The Kier molecular flexibility index (Phi) is 5.67. The van der Waals surface area contributed by atoms with E-state index in [0.717, 1.165) is 18.4 Å². The lowest BCUT2D eigenvalue weighted by Crippen LogP contribution is -2.41. The Labute approximate surface area is 139 Å². The molecule has 1 heterocycles. The lowest BCUT2D eigenvalue weighted by molar-refractivity contribution is -0.133. The zero-order valence-corrected chi connectivity index (χ0v) is 13.9. The van der Waals surface area contributed by atoms with Crippen molar-refractivity contribution in [1.82, 2.24) is 9.80 Å². The molecule has 0 aliphatic carbocycles. The van der Waals surface area contributed by atoms with Crippen molar-refractivity contribution in [2.45, 2.75) is 18.9 Å². The average Bonchev–Trinajstić information content (AvgIpc) is 2.90. The molecule has 120 valence electrons. The van der Waals surface area contributed by atoms with E-state index in [9.17, 15) is 9.59 Å². The highest BCUT2D eigenvalue weighted by Gasteiger charge is 2.30. The van der Waals surface area contributed by atoms with Crippen LogP contribution >= 0.6 is 23.2 Å². The van der Waals surface area contributed by atoms with Gasteiger partial charge < -0.3 is 10.6 Å². The second kappa shape index (κ2) is 7.31. The summed E-state index contributed by atoms with van der Waals surface area (Å²) in [4.78, 5) is 26.8. The first kappa shape index (κ1) is 17.1. The molecule has 0 saturated carbocycles. The maximum Gasteiger partial charge on any atom is 0.237 e. The van der Waals surface area contributed by atoms with Crippen LogP contribution in [-0.4, -0.2) is 48.3 Å². The predicted molar refractivity (Wildman–Crippen MR) is 86.8 cm³/mol. The minimum atomic E-state index is -0.447. The van der Waals surface area contributed by atoms with Crippen LogP contribution in [0.15, 0.2) is 18.2 Å². The molecule has 1 fully saturated rings. The fourth-order valence-electron chi connectivity index (χ4n) is 2.78. The molecule has 22 heavy (non-hydrogen) atoms. The summed E-state index contributed by atoms with van der Waals surface area (Å²) in [6.45, 7) is 0.936. The maximum atomic E-state index is 12.4. The van der Waals surface area contributed by atoms with Gasteiger partial charge in [-0.2, -0.15) is 0 Å². The van der Waals surface area contributed by atoms with Crippen LogP contribution in [0.4, 0.5) is 0 Å². The molecule has 1 aliphatic heterocycles. The van der Waals surface area contributed by atoms with Gasteiger partial charge in [-0.1, -0.05) is 29.3 Å². The molecule has 1 unspecified atom stereocenters. The first-order valence-corrected chi connectivity index (χ1v) is 7.85. The SMILES string of the molecule is CN(CC(N)=O)CC(=O)N1CCCC1c1ccc(Cl)c(Cl)c1. The van der Waals surface area contributed by atoms with E-state index in [4.69, 9.17) is 28.9 Å². The molecule has 1 aromatic carbocycles. The Hall–Kier alpha value is -1.30. The van der Waals surface area contributed by atoms with Crippen molar-refractivity contribution >= 4 is 35.0 Å². The molecule has 7 heteroatoms. The Morgan fingerprint density at radius 2 is 2.05 bits per heavy atom. The van der Waals surface area contributed by atoms with Gasteiger partial charge in [0.05, 0.1) is 29.2 Å². The molecule has 5 nitrogen and oxygen atoms in total. The Morgan fingerprint density at radius 1 is 1.32 bits per heavy atom. The predicted octanol–water partition coefficient (Wildman–Crippen LogP) is 2.07. The van der Waals surface area contributed by atoms with Crippen LogP contribution in [0.2, 0.25) is 10.0 Å². The summed E-state index contributed by atoms with van der Waals surface area (Å²) < 4.78 is 0. The van der Waals surface area contributed by atoms with Crippen molar-refractivity contribution in [2.75, 3.05) is 26.7 Å². The number of likely N-dealkylation sites (tertiary alicyclic amines) is 1. The standard InChI is InChI=1S/C15H19Cl2N3O2/c1-19(8-14(18)21)9-15(22)20-6-2-3-13(20)10-4-5-11(16)12(17)7-10/h4-5,7,13H,2-3,6,8-9H2,1H3,(H2,18,21). The van der Waals surface area contributed by atoms with Crippen LogP contribution in [0.3, 0.4) is 0 Å². The normalized spacial score (nSPS) is 18.0. The van der Waals surface area contributed by atoms with E-state index in [-0.39, 0.29) is 25.0 Å². The molecule has 1 aliphatic rings. The molecule has 2 rings (SSSR count). The lowest BCUT2D eigenvalue weighted by Gasteiger charge is -2.27. The molecule has 0 spiro atoms. The summed E-state index contributed by atoms with van der Waals surface area (Å²) in [5.74, 6) is -0.463. The fourth-order valence-corrected chi connectivity index (χ4v) is 3.08. The van der Waals surface area contributed by atoms with Gasteiger partial charge >= 0.3 is 0 Å². The topological polar surface area (TPSA) is 66.6 Å². The first-order chi connectivity index (χ1) is 10.4. The number of nitrogens with two attached hydrogens (primary N) is 1. The fraction of sp³-hybridized carbons (Fsp3) is 0.467. The van der Waals surface area contributed by atoms with Crippen molar-refractivity contribution in [1.29, 1.82) is 0 Å². The summed E-state index contributed by atoms with van der Waals surface area (Å²) in [6, 6.07) is 5.47. The highest BCUT2D eigenvalue weighted by Crippen LogP contribution is 2.34. The van der Waals surface area contributed by atoms with Crippen LogP contribution in [-0.2, 0) is 9.59 Å². The van der Waals surface area contributed by atoms with Gasteiger partial charge in [0.2, 0.25) is 11.8 Å². The van der Waals surface area contributed by atoms with Gasteiger partial charge in [0.15, 0.2) is 0 Å². The number of carbonyl (C=O) groups is 2. The molecule has 2 N–H and O–H groups in total. The Balaban J connectivity index is 2.08. The van der Waals surface area contributed by atoms with Gasteiger partial charge in [0.25, 0.3) is 0 Å². The zero-order valence-electron chi connectivity index (χ0n) is 12.4. The third kappa shape index (κ3) is 4.12. The van der Waals surface area contributed by atoms with Crippen LogP contribution < -0.4 is 5.73 Å². The number of carbonyl (C=O) groups excluding carboxylic acids is 2. The quantitative estimate of drug-likeness (QED) is 0.889. The molecule has 1 saturated heterocycles. The highest BCUT2D eigenvalue weighted by atomic mass is 35.5. The van der Waals surface area contributed by atoms with E-state index in [1.54, 1.807) is 18.0 Å². The van der Waals surface area contributed by atoms with Crippen LogP contribution in [0.1, 0.15) is 24.4 Å². The van der Waals surface area contributed by atoms with Gasteiger partial charge in [-0.3, -0.25) is 14.5 Å². The molecular formula is C15H19Cl2N3O2. The van der Waals surface area contributed by atoms with Gasteiger partial charge in [-0.25, -0.2) is 0 Å². The number of primary amides is 1. The van der Waals surface area contributed by atoms with E-state index in [0.29, 0.717) is 16.6 Å². The summed E-state index contributed by atoms with van der Waals surface area (Å²) in [5, 5.41) is 0.992. The lowest BCUT2D eigenvalue weighted by atomic mass is 10.0. The highest BCUT2D eigenvalue weighted by molar-refractivity contribution is 6.42. The average molecular weight is 344 g/mol. The third-order valence-corrected chi connectivity index (χ3v) is 4.47. The van der Waals surface area contributed by atoms with Crippen molar-refractivity contribution in [3.8, 4) is 0 Å². The minimum Gasteiger partial charge on any atom is -0.369 e. The largest absolute Gasteiger partial charge is 0.369 e. The van der Waals surface area contributed by atoms with Crippen LogP contribution in [0.5, 0.6) is 0 Å². The molecule has 0 bridgehead atoms. The number of halogens is 2. The van der Waals surface area contributed by atoms with Crippen LogP contribution in [0, 0.1) is 0 Å². The second-order valence-corrected chi connectivity index (χ2v) is 6.37. The number of hydrogen-bond donors (Lipinski definition) is 1. The zero-order chi connectivity index (χ0) is 16.3. The summed E-state index contributed by atoms with van der Waals surface area (Å²) in [5.41, 5.74) is 6.12. The second-order valence-electron chi connectivity index (χ2n) is 5.56. The van der Waals surface area contributed by atoms with Gasteiger partial charge in [0, 0.05) is 6.54 Å². The first-order valence-electron chi connectivity index (χ1n) is 7.09. The van der Waals surface area contributed by atoms with E-state index in [1.165, 1.54) is 0 Å². The molecular weight excluding hydrogens is 325 g/mol. The van der Waals surface area contributed by atoms with E-state index < -0.39 is 5.91 Å². The number of rotatable bonds is 5. The molecule has 1 aromatic rings. The monoisotopic (exact) mass is 343 g/mol. The van der Waals surface area contributed by atoms with Gasteiger partial charge in [-0.15, -0.1) is 0 Å². The van der Waals surface area contributed by atoms with Crippen molar-refractivity contribution in [3.63, 3.8) is 0 Å². The molecule has 1 atom stereocenters. The number of nitrogens with zero attached hydrogens (tertiary/aromatic N) is 2. The van der Waals surface area contributed by atoms with Gasteiger partial charge in [-0.05, 0) is 37.6 Å². The minimum absolute atomic E-state index is 0.00393. The summed E-state index contributed by atoms with van der Waals surface area (Å²) in [6.07, 6.45) is 1.83. The molecule has 0 aromatic heterocycles. The van der Waals surface area contributed by atoms with E-state index >= 15 is 0 Å². The maximum absolute atomic E-state index is 12.4. The van der Waals surface area contributed by atoms with Crippen molar-refractivity contribution in [3.05, 3.63) is 33.8 Å². The van der Waals surface area contributed by atoms with Crippen molar-refractivity contribution < 1.29 is 9.59 Å². The summed E-state index contributed by atoms with van der Waals surface area (Å²) in [7, 11) is 1.70. The number of benzene rings is 1.